The van der Waals surface area contributed by atoms with Crippen molar-refractivity contribution in [3.8, 4) is 0 Å². The Morgan fingerprint density at radius 1 is 1.33 bits per heavy atom. The number of Topliss-reactive ketones (excluding diaryl/α,β-unsaturated/α-hetero) is 1. The van der Waals surface area contributed by atoms with E-state index in [2.05, 4.69) is 5.32 Å². The number of anilines is 1. The number of fused-ring (bicyclic) bond motifs is 1. The molecule has 1 aliphatic heterocycles. The predicted molar refractivity (Wildman–Crippen MR) is 52.8 cm³/mol. The van der Waals surface area contributed by atoms with Crippen LogP contribution in [0.2, 0.25) is 0 Å². The summed E-state index contributed by atoms with van der Waals surface area (Å²) in [5.41, 5.74) is -0.134. The van der Waals surface area contributed by atoms with Crippen molar-refractivity contribution in [1.29, 1.82) is 0 Å². The predicted octanol–water partition coefficient (Wildman–Crippen LogP) is 2.28. The van der Waals surface area contributed by atoms with Gasteiger partial charge in [0.15, 0.2) is 5.78 Å². The zero-order chi connectivity index (χ0) is 11.2. The molecule has 1 heterocycles. The van der Waals surface area contributed by atoms with Gasteiger partial charge in [-0.1, -0.05) is 0 Å². The Bertz CT molecular complexity index is 440. The minimum atomic E-state index is -0.757. The van der Waals surface area contributed by atoms with Crippen LogP contribution in [-0.4, -0.2) is 11.3 Å². The van der Waals surface area contributed by atoms with Gasteiger partial charge in [-0.05, 0) is 19.9 Å². The summed E-state index contributed by atoms with van der Waals surface area (Å²) >= 11 is 0. The molecule has 2 rings (SSSR count). The summed E-state index contributed by atoms with van der Waals surface area (Å²) in [6.45, 7) is 3.39. The summed E-state index contributed by atoms with van der Waals surface area (Å²) in [4.78, 5) is 11.6. The number of nitrogens with one attached hydrogen (secondary N) is 1. The maximum atomic E-state index is 13.3. The van der Waals surface area contributed by atoms with Crippen molar-refractivity contribution in [2.75, 3.05) is 5.32 Å². The minimum Gasteiger partial charge on any atom is -0.373 e. The lowest BCUT2D eigenvalue weighted by atomic mass is 9.88. The van der Waals surface area contributed by atoms with Gasteiger partial charge in [0.1, 0.15) is 11.6 Å². The number of hydrogen-bond donors (Lipinski definition) is 1. The van der Waals surface area contributed by atoms with Crippen LogP contribution < -0.4 is 5.32 Å². The van der Waals surface area contributed by atoms with E-state index in [0.717, 1.165) is 6.07 Å². The molecule has 0 radical (unpaired) electrons. The fourth-order valence-electron chi connectivity index (χ4n) is 1.68. The molecule has 0 bridgehead atoms. The number of hydrogen-bond acceptors (Lipinski definition) is 2. The molecular formula is C11H11F2NO. The first-order valence-corrected chi connectivity index (χ1v) is 4.69. The summed E-state index contributed by atoms with van der Waals surface area (Å²) < 4.78 is 26.3. The van der Waals surface area contributed by atoms with Crippen molar-refractivity contribution < 1.29 is 13.6 Å². The Balaban J connectivity index is 2.55. The van der Waals surface area contributed by atoms with Crippen molar-refractivity contribution in [3.63, 3.8) is 0 Å². The van der Waals surface area contributed by atoms with Crippen LogP contribution in [0.4, 0.5) is 14.5 Å². The van der Waals surface area contributed by atoms with Crippen LogP contribution in [0.1, 0.15) is 19.4 Å². The van der Waals surface area contributed by atoms with Crippen molar-refractivity contribution in [2.24, 2.45) is 0 Å². The molecule has 0 atom stereocenters. The smallest absolute Gasteiger partial charge is 0.162 e. The van der Waals surface area contributed by atoms with Crippen LogP contribution in [-0.2, 0) is 11.2 Å². The van der Waals surface area contributed by atoms with Gasteiger partial charge in [-0.25, -0.2) is 8.78 Å². The summed E-state index contributed by atoms with van der Waals surface area (Å²) in [7, 11) is 0. The molecule has 0 unspecified atom stereocenters. The molecular weight excluding hydrogens is 200 g/mol. The number of rotatable bonds is 0. The molecule has 0 aromatic heterocycles. The first-order chi connectivity index (χ1) is 6.90. The van der Waals surface area contributed by atoms with Crippen molar-refractivity contribution in [3.05, 3.63) is 29.3 Å². The summed E-state index contributed by atoms with van der Waals surface area (Å²) in [6.07, 6.45) is 0.0153. The lowest BCUT2D eigenvalue weighted by Crippen LogP contribution is -2.45. The van der Waals surface area contributed by atoms with Gasteiger partial charge in [-0.2, -0.15) is 0 Å². The number of ketones is 1. The van der Waals surface area contributed by atoms with Gasteiger partial charge in [-0.3, -0.25) is 4.79 Å². The molecule has 1 aromatic carbocycles. The van der Waals surface area contributed by atoms with Crippen molar-refractivity contribution in [1.82, 2.24) is 0 Å². The fourth-order valence-corrected chi connectivity index (χ4v) is 1.68. The normalized spacial score (nSPS) is 18.3. The highest BCUT2D eigenvalue weighted by Crippen LogP contribution is 2.30. The first kappa shape index (κ1) is 10.1. The largest absolute Gasteiger partial charge is 0.373 e. The van der Waals surface area contributed by atoms with Gasteiger partial charge in [0.25, 0.3) is 0 Å². The molecule has 1 N–H and O–H groups in total. The van der Waals surface area contributed by atoms with E-state index in [4.69, 9.17) is 0 Å². The molecule has 0 saturated carbocycles. The van der Waals surface area contributed by atoms with Gasteiger partial charge in [-0.15, -0.1) is 0 Å². The van der Waals surface area contributed by atoms with E-state index < -0.39 is 17.2 Å². The fraction of sp³-hybridized carbons (Fsp3) is 0.364. The SMILES string of the molecule is CC1(C)Nc2cc(F)cc(F)c2CC1=O. The van der Waals surface area contributed by atoms with E-state index in [9.17, 15) is 13.6 Å². The van der Waals surface area contributed by atoms with Gasteiger partial charge < -0.3 is 5.32 Å². The molecule has 0 fully saturated rings. The molecule has 1 aromatic rings. The molecule has 1 aliphatic rings. The maximum absolute atomic E-state index is 13.3. The third kappa shape index (κ3) is 1.60. The molecule has 15 heavy (non-hydrogen) atoms. The summed E-state index contributed by atoms with van der Waals surface area (Å²) in [6, 6.07) is 2.01. The van der Waals surface area contributed by atoms with E-state index in [1.54, 1.807) is 13.8 Å². The Kier molecular flexibility index (Phi) is 2.03. The average molecular weight is 211 g/mol. The Labute approximate surface area is 86.3 Å². The second kappa shape index (κ2) is 3.02. The number of carbonyl (C=O) groups is 1. The van der Waals surface area contributed by atoms with Crippen LogP contribution in [0.15, 0.2) is 12.1 Å². The van der Waals surface area contributed by atoms with E-state index in [1.165, 1.54) is 6.07 Å². The summed E-state index contributed by atoms with van der Waals surface area (Å²) in [5.74, 6) is -1.40. The van der Waals surface area contributed by atoms with Crippen molar-refractivity contribution in [2.45, 2.75) is 25.8 Å². The zero-order valence-electron chi connectivity index (χ0n) is 8.53. The highest BCUT2D eigenvalue weighted by Gasteiger charge is 2.34. The van der Waals surface area contributed by atoms with Crippen LogP contribution in [0.3, 0.4) is 0 Å². The van der Waals surface area contributed by atoms with Gasteiger partial charge >= 0.3 is 0 Å². The standard InChI is InChI=1S/C11H11F2NO/c1-11(2)10(15)5-7-8(13)3-6(12)4-9(7)14-11/h3-4,14H,5H2,1-2H3. The molecule has 0 amide bonds. The van der Waals surface area contributed by atoms with Crippen LogP contribution in [0.5, 0.6) is 0 Å². The quantitative estimate of drug-likeness (QED) is 0.713. The first-order valence-electron chi connectivity index (χ1n) is 4.69. The zero-order valence-corrected chi connectivity index (χ0v) is 8.53. The minimum absolute atomic E-state index is 0.0153. The van der Waals surface area contributed by atoms with Crippen LogP contribution in [0.25, 0.3) is 0 Å². The van der Waals surface area contributed by atoms with Gasteiger partial charge in [0, 0.05) is 23.7 Å². The Morgan fingerprint density at radius 3 is 2.67 bits per heavy atom. The Morgan fingerprint density at radius 2 is 2.00 bits per heavy atom. The average Bonchev–Trinajstić information content (AvgIpc) is 2.08. The van der Waals surface area contributed by atoms with E-state index in [-0.39, 0.29) is 17.8 Å². The molecule has 0 spiro atoms. The number of benzene rings is 1. The molecule has 0 saturated heterocycles. The molecule has 0 aliphatic carbocycles. The second-order valence-electron chi connectivity index (χ2n) is 4.26. The van der Waals surface area contributed by atoms with E-state index in [1.807, 2.05) is 0 Å². The second-order valence-corrected chi connectivity index (χ2v) is 4.26. The van der Waals surface area contributed by atoms with Crippen LogP contribution in [0, 0.1) is 11.6 Å². The molecule has 2 nitrogen and oxygen atoms in total. The number of halogens is 2. The highest BCUT2D eigenvalue weighted by molar-refractivity contribution is 5.96. The third-order valence-corrected chi connectivity index (χ3v) is 2.64. The van der Waals surface area contributed by atoms with Crippen LogP contribution >= 0.6 is 0 Å². The van der Waals surface area contributed by atoms with E-state index in [0.29, 0.717) is 5.69 Å². The topological polar surface area (TPSA) is 29.1 Å². The van der Waals surface area contributed by atoms with Gasteiger partial charge in [0.05, 0.1) is 5.54 Å². The molecule has 4 heteroatoms. The highest BCUT2D eigenvalue weighted by atomic mass is 19.1. The molecule has 80 valence electrons. The lowest BCUT2D eigenvalue weighted by Gasteiger charge is -2.32. The van der Waals surface area contributed by atoms with Crippen molar-refractivity contribution >= 4 is 11.5 Å². The van der Waals surface area contributed by atoms with Gasteiger partial charge in [0.2, 0.25) is 0 Å². The monoisotopic (exact) mass is 211 g/mol. The maximum Gasteiger partial charge on any atom is 0.162 e. The number of carbonyl (C=O) groups excluding carboxylic acids is 1. The Hall–Kier alpha value is -1.45. The summed E-state index contributed by atoms with van der Waals surface area (Å²) in [5, 5.41) is 2.84. The van der Waals surface area contributed by atoms with E-state index >= 15 is 0 Å². The third-order valence-electron chi connectivity index (χ3n) is 2.64. The lowest BCUT2D eigenvalue weighted by molar-refractivity contribution is -0.122.